The molecule has 0 aromatic heterocycles. The Balaban J connectivity index is 1.62. The van der Waals surface area contributed by atoms with Crippen LogP contribution in [0.4, 0.5) is 9.59 Å². The fourth-order valence-electron chi connectivity index (χ4n) is 2.73. The number of nitrogens with zero attached hydrogens (tertiary/aromatic N) is 1. The van der Waals surface area contributed by atoms with Crippen LogP contribution in [-0.4, -0.2) is 61.5 Å². The van der Waals surface area contributed by atoms with E-state index in [4.69, 9.17) is 9.47 Å². The summed E-state index contributed by atoms with van der Waals surface area (Å²) < 4.78 is 10.6. The SMILES string of the molecule is CC(C)OC(=O)N1CCC(NC(=O)NCC2CCCO2)CC1. The van der Waals surface area contributed by atoms with Crippen molar-refractivity contribution in [3.05, 3.63) is 0 Å². The summed E-state index contributed by atoms with van der Waals surface area (Å²) in [6.07, 6.45) is 3.36. The van der Waals surface area contributed by atoms with Crippen LogP contribution in [0.5, 0.6) is 0 Å². The fourth-order valence-corrected chi connectivity index (χ4v) is 2.73. The van der Waals surface area contributed by atoms with E-state index < -0.39 is 0 Å². The van der Waals surface area contributed by atoms with Gasteiger partial charge in [0.2, 0.25) is 0 Å². The predicted octanol–water partition coefficient (Wildman–Crippen LogP) is 1.47. The van der Waals surface area contributed by atoms with Crippen LogP contribution in [0, 0.1) is 0 Å². The topological polar surface area (TPSA) is 79.9 Å². The molecular formula is C15H27N3O4. The summed E-state index contributed by atoms with van der Waals surface area (Å²) in [5.41, 5.74) is 0. The monoisotopic (exact) mass is 313 g/mol. The molecule has 2 aliphatic heterocycles. The molecule has 1 atom stereocenters. The molecule has 0 saturated carbocycles. The summed E-state index contributed by atoms with van der Waals surface area (Å²) >= 11 is 0. The van der Waals surface area contributed by atoms with Crippen molar-refractivity contribution in [1.29, 1.82) is 0 Å². The number of likely N-dealkylation sites (tertiary alicyclic amines) is 1. The maximum atomic E-state index is 11.8. The first kappa shape index (κ1) is 16.9. The molecule has 0 aliphatic carbocycles. The third-order valence-corrected chi connectivity index (χ3v) is 3.94. The summed E-state index contributed by atoms with van der Waals surface area (Å²) in [6, 6.07) is -0.0497. The fraction of sp³-hybridized carbons (Fsp3) is 0.867. The Morgan fingerprint density at radius 2 is 2.00 bits per heavy atom. The van der Waals surface area contributed by atoms with Crippen LogP contribution in [0.25, 0.3) is 0 Å². The van der Waals surface area contributed by atoms with Crippen molar-refractivity contribution in [2.75, 3.05) is 26.2 Å². The Hall–Kier alpha value is -1.50. The van der Waals surface area contributed by atoms with Crippen LogP contribution >= 0.6 is 0 Å². The molecule has 2 N–H and O–H groups in total. The number of hydrogen-bond acceptors (Lipinski definition) is 4. The van der Waals surface area contributed by atoms with Gasteiger partial charge in [-0.15, -0.1) is 0 Å². The van der Waals surface area contributed by atoms with Gasteiger partial charge in [-0.1, -0.05) is 0 Å². The van der Waals surface area contributed by atoms with Gasteiger partial charge in [0.15, 0.2) is 0 Å². The summed E-state index contributed by atoms with van der Waals surface area (Å²) in [4.78, 5) is 25.3. The summed E-state index contributed by atoms with van der Waals surface area (Å²) in [7, 11) is 0. The first-order chi connectivity index (χ1) is 10.5. The van der Waals surface area contributed by atoms with E-state index in [9.17, 15) is 9.59 Å². The highest BCUT2D eigenvalue weighted by Gasteiger charge is 2.25. The van der Waals surface area contributed by atoms with E-state index in [0.717, 1.165) is 32.3 Å². The maximum absolute atomic E-state index is 11.8. The van der Waals surface area contributed by atoms with Gasteiger partial charge in [-0.2, -0.15) is 0 Å². The Morgan fingerprint density at radius 3 is 2.59 bits per heavy atom. The Labute approximate surface area is 131 Å². The molecule has 2 saturated heterocycles. The molecule has 2 fully saturated rings. The molecule has 2 rings (SSSR count). The molecule has 2 heterocycles. The van der Waals surface area contributed by atoms with Gasteiger partial charge >= 0.3 is 12.1 Å². The van der Waals surface area contributed by atoms with E-state index in [2.05, 4.69) is 10.6 Å². The third kappa shape index (κ3) is 5.36. The zero-order chi connectivity index (χ0) is 15.9. The van der Waals surface area contributed by atoms with Gasteiger partial charge in [-0.25, -0.2) is 9.59 Å². The largest absolute Gasteiger partial charge is 0.447 e. The van der Waals surface area contributed by atoms with E-state index in [1.54, 1.807) is 4.90 Å². The standard InChI is InChI=1S/C15H27N3O4/c1-11(2)22-15(20)18-7-5-12(6-8-18)17-14(19)16-10-13-4-3-9-21-13/h11-13H,3-10H2,1-2H3,(H2,16,17,19). The van der Waals surface area contributed by atoms with Crippen molar-refractivity contribution in [2.45, 2.75) is 57.8 Å². The number of hydrogen-bond donors (Lipinski definition) is 2. The van der Waals surface area contributed by atoms with Crippen molar-refractivity contribution in [2.24, 2.45) is 0 Å². The second-order valence-corrected chi connectivity index (χ2v) is 6.18. The molecule has 3 amide bonds. The van der Waals surface area contributed by atoms with E-state index in [1.807, 2.05) is 13.8 Å². The third-order valence-electron chi connectivity index (χ3n) is 3.94. The zero-order valence-corrected chi connectivity index (χ0v) is 13.5. The highest BCUT2D eigenvalue weighted by atomic mass is 16.6. The van der Waals surface area contributed by atoms with Gasteiger partial charge in [0.05, 0.1) is 12.2 Å². The van der Waals surface area contributed by atoms with Gasteiger partial charge in [-0.05, 0) is 39.5 Å². The van der Waals surface area contributed by atoms with Gasteiger partial charge < -0.3 is 25.0 Å². The smallest absolute Gasteiger partial charge is 0.410 e. The lowest BCUT2D eigenvalue weighted by Crippen LogP contribution is -2.50. The highest BCUT2D eigenvalue weighted by molar-refractivity contribution is 5.74. The van der Waals surface area contributed by atoms with E-state index >= 15 is 0 Å². The summed E-state index contributed by atoms with van der Waals surface area (Å²) in [5.74, 6) is 0. The average Bonchev–Trinajstić information content (AvgIpc) is 2.98. The molecule has 2 aliphatic rings. The lowest BCUT2D eigenvalue weighted by molar-refractivity contribution is 0.0682. The van der Waals surface area contributed by atoms with Crippen molar-refractivity contribution >= 4 is 12.1 Å². The molecule has 0 bridgehead atoms. The van der Waals surface area contributed by atoms with Gasteiger partial charge in [0, 0.05) is 32.3 Å². The number of carbonyl (C=O) groups excluding carboxylic acids is 2. The zero-order valence-electron chi connectivity index (χ0n) is 13.5. The van der Waals surface area contributed by atoms with Crippen LogP contribution in [0.1, 0.15) is 39.5 Å². The Bertz CT molecular complexity index is 375. The van der Waals surface area contributed by atoms with Crippen molar-refractivity contribution in [1.82, 2.24) is 15.5 Å². The minimum atomic E-state index is -0.267. The number of ether oxygens (including phenoxy) is 2. The van der Waals surface area contributed by atoms with E-state index in [1.165, 1.54) is 0 Å². The summed E-state index contributed by atoms with van der Waals surface area (Å²) in [5, 5.41) is 5.81. The van der Waals surface area contributed by atoms with Gasteiger partial charge in [-0.3, -0.25) is 0 Å². The van der Waals surface area contributed by atoms with Crippen LogP contribution in [0.15, 0.2) is 0 Å². The Kier molecular flexibility index (Phi) is 6.30. The molecule has 7 nitrogen and oxygen atoms in total. The molecule has 0 radical (unpaired) electrons. The molecule has 1 unspecified atom stereocenters. The number of amides is 3. The maximum Gasteiger partial charge on any atom is 0.410 e. The molecular weight excluding hydrogens is 286 g/mol. The first-order valence-electron chi connectivity index (χ1n) is 8.16. The minimum absolute atomic E-state index is 0.104. The van der Waals surface area contributed by atoms with Crippen LogP contribution in [0.3, 0.4) is 0 Å². The van der Waals surface area contributed by atoms with Crippen molar-refractivity contribution in [3.8, 4) is 0 Å². The number of urea groups is 1. The molecule has 22 heavy (non-hydrogen) atoms. The van der Waals surface area contributed by atoms with Crippen molar-refractivity contribution < 1.29 is 19.1 Å². The second-order valence-electron chi connectivity index (χ2n) is 6.18. The first-order valence-corrected chi connectivity index (χ1v) is 8.16. The molecule has 0 aromatic carbocycles. The minimum Gasteiger partial charge on any atom is -0.447 e. The quantitative estimate of drug-likeness (QED) is 0.824. The van der Waals surface area contributed by atoms with Crippen molar-refractivity contribution in [3.63, 3.8) is 0 Å². The molecule has 0 aromatic rings. The van der Waals surface area contributed by atoms with Crippen LogP contribution in [0.2, 0.25) is 0 Å². The van der Waals surface area contributed by atoms with E-state index in [-0.39, 0.29) is 30.4 Å². The number of piperidine rings is 1. The number of rotatable bonds is 4. The predicted molar refractivity (Wildman–Crippen MR) is 81.7 cm³/mol. The molecule has 7 heteroatoms. The van der Waals surface area contributed by atoms with Gasteiger partial charge in [0.1, 0.15) is 0 Å². The normalized spacial score (nSPS) is 22.7. The number of carbonyl (C=O) groups is 2. The Morgan fingerprint density at radius 1 is 1.27 bits per heavy atom. The number of nitrogens with one attached hydrogen (secondary N) is 2. The van der Waals surface area contributed by atoms with E-state index in [0.29, 0.717) is 19.6 Å². The van der Waals surface area contributed by atoms with Crippen LogP contribution < -0.4 is 10.6 Å². The average molecular weight is 313 g/mol. The highest BCUT2D eigenvalue weighted by Crippen LogP contribution is 2.13. The lowest BCUT2D eigenvalue weighted by Gasteiger charge is -2.32. The molecule has 0 spiro atoms. The van der Waals surface area contributed by atoms with Crippen LogP contribution in [-0.2, 0) is 9.47 Å². The molecule has 126 valence electrons. The summed E-state index contributed by atoms with van der Waals surface area (Å²) in [6.45, 7) is 6.25. The van der Waals surface area contributed by atoms with Gasteiger partial charge in [0.25, 0.3) is 0 Å². The lowest BCUT2D eigenvalue weighted by atomic mass is 10.1. The second kappa shape index (κ2) is 8.22.